The number of benzene rings is 1. The van der Waals surface area contributed by atoms with Crippen LogP contribution in [0.25, 0.3) is 0 Å². The molecule has 2 rings (SSSR count). The maximum absolute atomic E-state index is 12.0. The van der Waals surface area contributed by atoms with E-state index in [0.717, 1.165) is 18.9 Å². The average Bonchev–Trinajstić information content (AvgIpc) is 3.06. The summed E-state index contributed by atoms with van der Waals surface area (Å²) in [5, 5.41) is 2.53. The first-order valence-corrected chi connectivity index (χ1v) is 8.91. The van der Waals surface area contributed by atoms with Crippen molar-refractivity contribution in [2.45, 2.75) is 24.7 Å². The zero-order valence-electron chi connectivity index (χ0n) is 10.5. The topological polar surface area (TPSA) is 63.2 Å². The van der Waals surface area contributed by atoms with E-state index in [2.05, 4.69) is 12.2 Å². The van der Waals surface area contributed by atoms with Crippen molar-refractivity contribution in [3.05, 3.63) is 27.7 Å². The van der Waals surface area contributed by atoms with Crippen LogP contribution in [-0.2, 0) is 9.05 Å². The fourth-order valence-electron chi connectivity index (χ4n) is 1.66. The Balaban J connectivity index is 2.28. The van der Waals surface area contributed by atoms with Crippen molar-refractivity contribution in [2.75, 3.05) is 6.54 Å². The van der Waals surface area contributed by atoms with Crippen molar-refractivity contribution in [2.24, 2.45) is 5.41 Å². The summed E-state index contributed by atoms with van der Waals surface area (Å²) in [4.78, 5) is 11.6. The third-order valence-electron chi connectivity index (χ3n) is 3.30. The summed E-state index contributed by atoms with van der Waals surface area (Å²) < 4.78 is 22.8. The number of carbonyl (C=O) groups excluding carboxylic acids is 1. The highest BCUT2D eigenvalue weighted by Gasteiger charge is 2.37. The van der Waals surface area contributed by atoms with Crippen LogP contribution >= 0.6 is 33.9 Å². The van der Waals surface area contributed by atoms with Gasteiger partial charge in [0, 0.05) is 22.8 Å². The number of carbonyl (C=O) groups is 1. The summed E-state index contributed by atoms with van der Waals surface area (Å²) >= 11 is 11.6. The molecule has 1 aromatic rings. The first kappa shape index (κ1) is 15.9. The van der Waals surface area contributed by atoms with Crippen LogP contribution < -0.4 is 5.32 Å². The maximum atomic E-state index is 12.0. The van der Waals surface area contributed by atoms with Crippen LogP contribution in [0.3, 0.4) is 0 Å². The Kier molecular flexibility index (Phi) is 4.27. The fourth-order valence-corrected chi connectivity index (χ4v) is 3.42. The number of amides is 1. The van der Waals surface area contributed by atoms with Crippen LogP contribution in [-0.4, -0.2) is 20.9 Å². The second kappa shape index (κ2) is 5.37. The van der Waals surface area contributed by atoms with Gasteiger partial charge in [0.15, 0.2) is 0 Å². The van der Waals surface area contributed by atoms with Crippen molar-refractivity contribution in [1.82, 2.24) is 5.32 Å². The lowest BCUT2D eigenvalue weighted by molar-refractivity contribution is 0.0946. The van der Waals surface area contributed by atoms with Crippen molar-refractivity contribution in [3.8, 4) is 0 Å². The minimum atomic E-state index is -4.07. The monoisotopic (exact) mass is 355 g/mol. The van der Waals surface area contributed by atoms with Gasteiger partial charge in [-0.2, -0.15) is 0 Å². The first-order chi connectivity index (χ1) is 9.12. The van der Waals surface area contributed by atoms with E-state index >= 15 is 0 Å². The summed E-state index contributed by atoms with van der Waals surface area (Å²) in [6.07, 6.45) is 2.13. The molecular formula is C12H12Cl3NO3S. The standard InChI is InChI=1S/C12H12Cl3NO3S/c1-12(2-3-12)6-16-11(17)7-4-8(13)10(14)9(5-7)20(15,18)19/h4-5H,2-3,6H2,1H3,(H,16,17). The molecule has 0 aromatic heterocycles. The number of hydrogen-bond donors (Lipinski definition) is 1. The smallest absolute Gasteiger partial charge is 0.262 e. The lowest BCUT2D eigenvalue weighted by Crippen LogP contribution is -2.29. The molecule has 0 spiro atoms. The molecule has 110 valence electrons. The summed E-state index contributed by atoms with van der Waals surface area (Å²) in [5.41, 5.74) is 0.260. The van der Waals surface area contributed by atoms with Gasteiger partial charge in [0.2, 0.25) is 0 Å². The van der Waals surface area contributed by atoms with Crippen molar-refractivity contribution in [3.63, 3.8) is 0 Å². The molecule has 0 unspecified atom stereocenters. The predicted molar refractivity (Wildman–Crippen MR) is 79.2 cm³/mol. The number of halogens is 3. The van der Waals surface area contributed by atoms with E-state index in [0.29, 0.717) is 6.54 Å². The fraction of sp³-hybridized carbons (Fsp3) is 0.417. The van der Waals surface area contributed by atoms with Gasteiger partial charge in [-0.15, -0.1) is 0 Å². The zero-order chi connectivity index (χ0) is 15.1. The van der Waals surface area contributed by atoms with Crippen LogP contribution in [0.4, 0.5) is 0 Å². The SMILES string of the molecule is CC1(CNC(=O)c2cc(Cl)c(Cl)c(S(=O)(=O)Cl)c2)CC1. The lowest BCUT2D eigenvalue weighted by Gasteiger charge is -2.11. The third kappa shape index (κ3) is 3.58. The van der Waals surface area contributed by atoms with E-state index in [1.807, 2.05) is 0 Å². The lowest BCUT2D eigenvalue weighted by atomic mass is 10.1. The normalized spacial score (nSPS) is 16.8. The molecular weight excluding hydrogens is 345 g/mol. The molecule has 1 aromatic carbocycles. The minimum Gasteiger partial charge on any atom is -0.351 e. The molecule has 0 heterocycles. The van der Waals surface area contributed by atoms with E-state index in [9.17, 15) is 13.2 Å². The van der Waals surface area contributed by atoms with Gasteiger partial charge in [-0.05, 0) is 30.4 Å². The van der Waals surface area contributed by atoms with E-state index in [-0.39, 0.29) is 25.9 Å². The van der Waals surface area contributed by atoms with Gasteiger partial charge in [0.05, 0.1) is 10.0 Å². The van der Waals surface area contributed by atoms with Gasteiger partial charge < -0.3 is 5.32 Å². The van der Waals surface area contributed by atoms with Crippen molar-refractivity contribution in [1.29, 1.82) is 0 Å². The van der Waals surface area contributed by atoms with Gasteiger partial charge in [-0.3, -0.25) is 4.79 Å². The maximum Gasteiger partial charge on any atom is 0.262 e. The molecule has 0 saturated heterocycles. The summed E-state index contributed by atoms with van der Waals surface area (Å²) in [7, 11) is 1.20. The third-order valence-corrected chi connectivity index (χ3v) is 5.56. The Bertz CT molecular complexity index is 669. The molecule has 0 aliphatic heterocycles. The molecule has 0 radical (unpaired) electrons. The van der Waals surface area contributed by atoms with E-state index < -0.39 is 15.0 Å². The van der Waals surface area contributed by atoms with E-state index in [4.69, 9.17) is 33.9 Å². The van der Waals surface area contributed by atoms with Crippen LogP contribution in [0.15, 0.2) is 17.0 Å². The van der Waals surface area contributed by atoms with Crippen LogP contribution in [0, 0.1) is 5.41 Å². The molecule has 0 atom stereocenters. The highest BCUT2D eigenvalue weighted by Crippen LogP contribution is 2.44. The predicted octanol–water partition coefficient (Wildman–Crippen LogP) is 3.45. The Hall–Kier alpha value is -0.490. The average molecular weight is 357 g/mol. The highest BCUT2D eigenvalue weighted by atomic mass is 35.7. The summed E-state index contributed by atoms with van der Waals surface area (Å²) in [6.45, 7) is 2.60. The van der Waals surface area contributed by atoms with E-state index in [1.54, 1.807) is 0 Å². The molecule has 1 fully saturated rings. The Morgan fingerprint density at radius 3 is 2.45 bits per heavy atom. The van der Waals surface area contributed by atoms with Crippen LogP contribution in [0.5, 0.6) is 0 Å². The van der Waals surface area contributed by atoms with Gasteiger partial charge in [0.1, 0.15) is 4.90 Å². The Labute approximate surface area is 131 Å². The second-order valence-corrected chi connectivity index (χ2v) is 8.52. The molecule has 4 nitrogen and oxygen atoms in total. The molecule has 20 heavy (non-hydrogen) atoms. The number of hydrogen-bond acceptors (Lipinski definition) is 3. The molecule has 1 saturated carbocycles. The van der Waals surface area contributed by atoms with Crippen LogP contribution in [0.1, 0.15) is 30.1 Å². The largest absolute Gasteiger partial charge is 0.351 e. The minimum absolute atomic E-state index is 0.0313. The van der Waals surface area contributed by atoms with E-state index in [1.165, 1.54) is 6.07 Å². The summed E-state index contributed by atoms with van der Waals surface area (Å²) in [5.74, 6) is -0.404. The molecule has 8 heteroatoms. The molecule has 1 aliphatic rings. The van der Waals surface area contributed by atoms with Crippen molar-refractivity contribution >= 4 is 48.8 Å². The molecule has 1 N–H and O–H groups in total. The van der Waals surface area contributed by atoms with Gasteiger partial charge >= 0.3 is 0 Å². The molecule has 1 aliphatic carbocycles. The molecule has 1 amide bonds. The summed E-state index contributed by atoms with van der Waals surface area (Å²) in [6, 6.07) is 2.45. The second-order valence-electron chi connectivity index (χ2n) is 5.20. The van der Waals surface area contributed by atoms with Crippen LogP contribution in [0.2, 0.25) is 10.0 Å². The number of nitrogens with one attached hydrogen (secondary N) is 1. The Morgan fingerprint density at radius 2 is 1.95 bits per heavy atom. The Morgan fingerprint density at radius 1 is 1.35 bits per heavy atom. The van der Waals surface area contributed by atoms with Gasteiger partial charge in [-0.1, -0.05) is 30.1 Å². The quantitative estimate of drug-likeness (QED) is 0.840. The van der Waals surface area contributed by atoms with Gasteiger partial charge in [0.25, 0.3) is 15.0 Å². The first-order valence-electron chi connectivity index (χ1n) is 5.84. The molecule has 0 bridgehead atoms. The zero-order valence-corrected chi connectivity index (χ0v) is 13.6. The highest BCUT2D eigenvalue weighted by molar-refractivity contribution is 8.13. The van der Waals surface area contributed by atoms with Gasteiger partial charge in [-0.25, -0.2) is 8.42 Å². The van der Waals surface area contributed by atoms with Crippen molar-refractivity contribution < 1.29 is 13.2 Å². The number of rotatable bonds is 4.